The summed E-state index contributed by atoms with van der Waals surface area (Å²) >= 11 is 0. The van der Waals surface area contributed by atoms with E-state index in [-0.39, 0.29) is 33.0 Å². The summed E-state index contributed by atoms with van der Waals surface area (Å²) in [5.41, 5.74) is 0. The van der Waals surface area contributed by atoms with Crippen molar-refractivity contribution in [3.63, 3.8) is 0 Å². The van der Waals surface area contributed by atoms with Gasteiger partial charge in [0.2, 0.25) is 0 Å². The van der Waals surface area contributed by atoms with Crippen LogP contribution in [0.25, 0.3) is 0 Å². The summed E-state index contributed by atoms with van der Waals surface area (Å²) in [4.78, 5) is 0. The van der Waals surface area contributed by atoms with Crippen LogP contribution in [0, 0.1) is 12.2 Å². The summed E-state index contributed by atoms with van der Waals surface area (Å²) in [6.07, 6.45) is 29.0. The third-order valence-electron chi connectivity index (χ3n) is 2.49. The molecule has 0 amide bonds. The molecule has 0 fully saturated rings. The van der Waals surface area contributed by atoms with Crippen LogP contribution in [0.5, 0.6) is 0 Å². The maximum absolute atomic E-state index is 3.21. The molecule has 0 radical (unpaired) electrons. The van der Waals surface area contributed by atoms with E-state index in [0.29, 0.717) is 0 Å². The van der Waals surface area contributed by atoms with Crippen LogP contribution in [0.3, 0.4) is 0 Å². The SMILES string of the molecule is [C-]1=CCCC=CCC1.[C-]1=CCCC=CCC1.[Ni+2].[Ni]. The Kier molecular flexibility index (Phi) is 19.1. The summed E-state index contributed by atoms with van der Waals surface area (Å²) in [7, 11) is 0. The molecule has 0 aromatic rings. The minimum atomic E-state index is 0. The molecule has 0 bridgehead atoms. The van der Waals surface area contributed by atoms with Gasteiger partial charge in [-0.1, -0.05) is 50.0 Å². The molecule has 0 aromatic carbocycles. The molecular formula is C16H22Ni2. The van der Waals surface area contributed by atoms with Crippen molar-refractivity contribution in [1.82, 2.24) is 0 Å². The van der Waals surface area contributed by atoms with Gasteiger partial charge in [-0.15, -0.1) is 0 Å². The predicted octanol–water partition coefficient (Wildman–Crippen LogP) is 4.95. The molecule has 0 saturated carbocycles. The van der Waals surface area contributed by atoms with E-state index >= 15 is 0 Å². The molecule has 0 saturated heterocycles. The van der Waals surface area contributed by atoms with E-state index in [1.165, 1.54) is 38.5 Å². The van der Waals surface area contributed by atoms with Gasteiger partial charge >= 0.3 is 16.5 Å². The van der Waals surface area contributed by atoms with Crippen molar-refractivity contribution in [1.29, 1.82) is 0 Å². The van der Waals surface area contributed by atoms with Gasteiger partial charge < -0.3 is 12.2 Å². The third-order valence-corrected chi connectivity index (χ3v) is 2.49. The third kappa shape index (κ3) is 14.0. The first-order valence-electron chi connectivity index (χ1n) is 6.40. The first-order valence-corrected chi connectivity index (χ1v) is 6.40. The van der Waals surface area contributed by atoms with E-state index in [2.05, 4.69) is 48.6 Å². The smallest absolute Gasteiger partial charge is 0.500 e. The van der Waals surface area contributed by atoms with Gasteiger partial charge in [0.25, 0.3) is 0 Å². The zero-order valence-electron chi connectivity index (χ0n) is 10.8. The monoisotopic (exact) mass is 330 g/mol. The summed E-state index contributed by atoms with van der Waals surface area (Å²) in [5.74, 6) is 0. The first kappa shape index (κ1) is 20.3. The van der Waals surface area contributed by atoms with Crippen molar-refractivity contribution in [2.75, 3.05) is 0 Å². The van der Waals surface area contributed by atoms with Gasteiger partial charge in [0, 0.05) is 16.5 Å². The molecule has 2 rings (SSSR count). The van der Waals surface area contributed by atoms with Crippen LogP contribution >= 0.6 is 0 Å². The van der Waals surface area contributed by atoms with Gasteiger partial charge in [0.15, 0.2) is 0 Å². The van der Waals surface area contributed by atoms with Crippen molar-refractivity contribution in [3.8, 4) is 0 Å². The van der Waals surface area contributed by atoms with Gasteiger partial charge in [-0.3, -0.25) is 12.2 Å². The Bertz CT molecular complexity index is 182. The van der Waals surface area contributed by atoms with E-state index < -0.39 is 0 Å². The van der Waals surface area contributed by atoms with E-state index in [9.17, 15) is 0 Å². The van der Waals surface area contributed by atoms with E-state index in [1.54, 1.807) is 0 Å². The molecule has 0 N–H and O–H groups in total. The minimum Gasteiger partial charge on any atom is -0.500 e. The quantitative estimate of drug-likeness (QED) is 0.335. The van der Waals surface area contributed by atoms with Gasteiger partial charge in [-0.05, 0) is 12.8 Å². The molecule has 0 unspecified atom stereocenters. The molecule has 0 nitrogen and oxygen atoms in total. The Hall–Kier alpha value is -0.0530. The topological polar surface area (TPSA) is 0 Å². The van der Waals surface area contributed by atoms with Crippen LogP contribution in [0.2, 0.25) is 0 Å². The van der Waals surface area contributed by atoms with Crippen LogP contribution in [-0.4, -0.2) is 0 Å². The zero-order valence-corrected chi connectivity index (χ0v) is 12.7. The molecular weight excluding hydrogens is 310 g/mol. The van der Waals surface area contributed by atoms with Crippen LogP contribution in [0.4, 0.5) is 0 Å². The molecule has 0 aliphatic heterocycles. The molecule has 0 aromatic heterocycles. The predicted molar refractivity (Wildman–Crippen MR) is 70.8 cm³/mol. The Morgan fingerprint density at radius 2 is 0.944 bits per heavy atom. The first-order chi connectivity index (χ1) is 8.00. The summed E-state index contributed by atoms with van der Waals surface area (Å²) in [6.45, 7) is 0. The molecule has 2 aliphatic rings. The molecule has 0 atom stereocenters. The maximum atomic E-state index is 3.21. The minimum absolute atomic E-state index is 0. The molecule has 0 heterocycles. The average molecular weight is 332 g/mol. The van der Waals surface area contributed by atoms with Gasteiger partial charge in [0.05, 0.1) is 0 Å². The van der Waals surface area contributed by atoms with Gasteiger partial charge in [-0.25, -0.2) is 0 Å². The number of rotatable bonds is 0. The summed E-state index contributed by atoms with van der Waals surface area (Å²) in [5, 5.41) is 0. The van der Waals surface area contributed by atoms with Gasteiger partial charge in [-0.2, -0.15) is 12.8 Å². The van der Waals surface area contributed by atoms with E-state index in [0.717, 1.165) is 12.8 Å². The van der Waals surface area contributed by atoms with Crippen molar-refractivity contribution in [3.05, 3.63) is 48.6 Å². The molecule has 18 heavy (non-hydrogen) atoms. The van der Waals surface area contributed by atoms with Crippen LogP contribution < -0.4 is 0 Å². The van der Waals surface area contributed by atoms with E-state index in [4.69, 9.17) is 0 Å². The van der Waals surface area contributed by atoms with Crippen LogP contribution in [-0.2, 0) is 33.0 Å². The summed E-state index contributed by atoms with van der Waals surface area (Å²) in [6, 6.07) is 0. The van der Waals surface area contributed by atoms with Crippen LogP contribution in [0.15, 0.2) is 36.5 Å². The molecule has 2 aliphatic carbocycles. The average Bonchev–Trinajstić information content (AvgIpc) is 2.15. The Morgan fingerprint density at radius 1 is 0.556 bits per heavy atom. The fourth-order valence-corrected chi connectivity index (χ4v) is 1.57. The number of allylic oxidation sites excluding steroid dienone is 8. The zero-order chi connectivity index (χ0) is 11.3. The van der Waals surface area contributed by atoms with Crippen LogP contribution in [0.1, 0.15) is 51.4 Å². The number of hydrogen-bond acceptors (Lipinski definition) is 0. The number of hydrogen-bond donors (Lipinski definition) is 0. The van der Waals surface area contributed by atoms with Crippen molar-refractivity contribution in [2.45, 2.75) is 51.4 Å². The van der Waals surface area contributed by atoms with Crippen molar-refractivity contribution >= 4 is 0 Å². The second-order valence-corrected chi connectivity index (χ2v) is 3.99. The second-order valence-electron chi connectivity index (χ2n) is 3.99. The van der Waals surface area contributed by atoms with Gasteiger partial charge in [0.1, 0.15) is 0 Å². The standard InChI is InChI=1S/2C8H11.2Ni/c2*1-2-4-6-8-7-5-3-1;;/h2*1-2,7H,3-6H2;;/q2*-1;;+2. The Morgan fingerprint density at radius 3 is 1.39 bits per heavy atom. The second kappa shape index (κ2) is 16.9. The largest absolute Gasteiger partial charge is 2.00 e. The van der Waals surface area contributed by atoms with E-state index in [1.807, 2.05) is 0 Å². The van der Waals surface area contributed by atoms with Crippen molar-refractivity contribution in [2.24, 2.45) is 0 Å². The summed E-state index contributed by atoms with van der Waals surface area (Å²) < 4.78 is 0. The molecule has 0 spiro atoms. The Labute approximate surface area is 133 Å². The van der Waals surface area contributed by atoms with Crippen molar-refractivity contribution < 1.29 is 33.0 Å². The Balaban J connectivity index is 0. The normalized spacial score (nSPS) is 17.8. The molecule has 106 valence electrons. The fourth-order valence-electron chi connectivity index (χ4n) is 1.57. The fraction of sp³-hybridized carbons (Fsp3) is 0.500. The maximum Gasteiger partial charge on any atom is 2.00 e. The molecule has 2 heteroatoms.